The van der Waals surface area contributed by atoms with Gasteiger partial charge in [0.25, 0.3) is 0 Å². The minimum Gasteiger partial charge on any atom is -0.493 e. The number of methoxy groups -OCH3 is 2. The Morgan fingerprint density at radius 3 is 2.57 bits per heavy atom. The first-order valence-electron chi connectivity index (χ1n) is 6.73. The molecule has 0 radical (unpaired) electrons. The van der Waals surface area contributed by atoms with Crippen molar-refractivity contribution in [2.75, 3.05) is 14.2 Å². The zero-order valence-corrected chi connectivity index (χ0v) is 11.9. The van der Waals surface area contributed by atoms with E-state index in [4.69, 9.17) is 9.47 Å². The molecule has 1 aliphatic carbocycles. The van der Waals surface area contributed by atoms with Gasteiger partial charge >= 0.3 is 5.97 Å². The average Bonchev–Trinajstić information content (AvgIpc) is 2.52. The lowest BCUT2D eigenvalue weighted by molar-refractivity contribution is -0.138. The molecule has 3 rings (SSSR count). The monoisotopic (exact) mass is 284 g/mol. The molecule has 0 saturated carbocycles. The van der Waals surface area contributed by atoms with Gasteiger partial charge < -0.3 is 14.6 Å². The Kier molecular flexibility index (Phi) is 3.29. The molecular weight excluding hydrogens is 268 g/mol. The van der Waals surface area contributed by atoms with Crippen LogP contribution in [0.5, 0.6) is 11.5 Å². The number of carbonyl (C=O) groups is 1. The largest absolute Gasteiger partial charge is 0.493 e. The number of hydrogen-bond acceptors (Lipinski definition) is 3. The molecule has 1 N–H and O–H groups in total. The standard InChI is InChI=1S/C17H16O4/c1-20-14-8-7-10-9-13(17(18)19)11-5-3-4-6-12(11)15(10)16(14)21-2/h3-8,13H,9H2,1-2H3,(H,18,19)/t13-/m1/s1. The van der Waals surface area contributed by atoms with Crippen LogP contribution in [-0.4, -0.2) is 25.3 Å². The third-order valence-electron chi connectivity index (χ3n) is 3.96. The molecule has 0 heterocycles. The van der Waals surface area contributed by atoms with Gasteiger partial charge in [-0.3, -0.25) is 4.79 Å². The summed E-state index contributed by atoms with van der Waals surface area (Å²) in [7, 11) is 3.20. The molecule has 108 valence electrons. The normalized spacial score (nSPS) is 15.8. The molecule has 0 saturated heterocycles. The highest BCUT2D eigenvalue weighted by Gasteiger charge is 2.32. The second-order valence-electron chi connectivity index (χ2n) is 5.02. The van der Waals surface area contributed by atoms with Gasteiger partial charge in [-0.05, 0) is 29.2 Å². The number of aliphatic carboxylic acids is 1. The quantitative estimate of drug-likeness (QED) is 0.941. The molecule has 0 fully saturated rings. The van der Waals surface area contributed by atoms with Gasteiger partial charge in [-0.25, -0.2) is 0 Å². The van der Waals surface area contributed by atoms with E-state index in [0.29, 0.717) is 17.9 Å². The summed E-state index contributed by atoms with van der Waals surface area (Å²) in [5, 5.41) is 9.48. The molecule has 21 heavy (non-hydrogen) atoms. The van der Waals surface area contributed by atoms with Crippen LogP contribution in [0.2, 0.25) is 0 Å². The number of rotatable bonds is 3. The van der Waals surface area contributed by atoms with E-state index in [0.717, 1.165) is 22.3 Å². The lowest BCUT2D eigenvalue weighted by atomic mass is 9.78. The van der Waals surface area contributed by atoms with Crippen molar-refractivity contribution in [2.45, 2.75) is 12.3 Å². The molecule has 0 amide bonds. The third kappa shape index (κ3) is 2.03. The maximum Gasteiger partial charge on any atom is 0.311 e. The Morgan fingerprint density at radius 1 is 1.14 bits per heavy atom. The predicted molar refractivity (Wildman–Crippen MR) is 79.1 cm³/mol. The van der Waals surface area contributed by atoms with E-state index in [2.05, 4.69) is 0 Å². The van der Waals surface area contributed by atoms with Crippen LogP contribution in [0, 0.1) is 0 Å². The van der Waals surface area contributed by atoms with Crippen molar-refractivity contribution in [1.29, 1.82) is 0 Å². The van der Waals surface area contributed by atoms with E-state index in [1.54, 1.807) is 14.2 Å². The van der Waals surface area contributed by atoms with E-state index in [9.17, 15) is 9.90 Å². The molecule has 0 aromatic heterocycles. The fourth-order valence-electron chi connectivity index (χ4n) is 3.01. The number of benzene rings is 2. The van der Waals surface area contributed by atoms with Crippen molar-refractivity contribution in [2.24, 2.45) is 0 Å². The van der Waals surface area contributed by atoms with Crippen molar-refractivity contribution in [3.63, 3.8) is 0 Å². The third-order valence-corrected chi connectivity index (χ3v) is 3.96. The van der Waals surface area contributed by atoms with Gasteiger partial charge in [0.15, 0.2) is 11.5 Å². The topological polar surface area (TPSA) is 55.8 Å². The summed E-state index contributed by atoms with van der Waals surface area (Å²) in [6.07, 6.45) is 0.460. The molecule has 4 nitrogen and oxygen atoms in total. The smallest absolute Gasteiger partial charge is 0.311 e. The van der Waals surface area contributed by atoms with E-state index < -0.39 is 11.9 Å². The van der Waals surface area contributed by atoms with Crippen LogP contribution < -0.4 is 9.47 Å². The van der Waals surface area contributed by atoms with Gasteiger partial charge in [-0.1, -0.05) is 30.3 Å². The second-order valence-corrected chi connectivity index (χ2v) is 5.02. The summed E-state index contributed by atoms with van der Waals surface area (Å²) in [6, 6.07) is 11.3. The first-order valence-corrected chi connectivity index (χ1v) is 6.73. The van der Waals surface area contributed by atoms with Crippen LogP contribution in [0.3, 0.4) is 0 Å². The first-order chi connectivity index (χ1) is 10.2. The fraction of sp³-hybridized carbons (Fsp3) is 0.235. The number of fused-ring (bicyclic) bond motifs is 3. The van der Waals surface area contributed by atoms with Gasteiger partial charge in [-0.2, -0.15) is 0 Å². The average molecular weight is 284 g/mol. The predicted octanol–water partition coefficient (Wildman–Crippen LogP) is 3.10. The summed E-state index contributed by atoms with van der Waals surface area (Å²) >= 11 is 0. The van der Waals surface area contributed by atoms with Crippen LogP contribution in [0.15, 0.2) is 36.4 Å². The van der Waals surface area contributed by atoms with Gasteiger partial charge in [0, 0.05) is 5.56 Å². The lowest BCUT2D eigenvalue weighted by Gasteiger charge is -2.27. The van der Waals surface area contributed by atoms with Gasteiger partial charge in [0.1, 0.15) is 0 Å². The van der Waals surface area contributed by atoms with Crippen molar-refractivity contribution < 1.29 is 19.4 Å². The van der Waals surface area contributed by atoms with Crippen LogP contribution in [0.4, 0.5) is 0 Å². The number of carboxylic acid groups (broad SMARTS) is 1. The van der Waals surface area contributed by atoms with Gasteiger partial charge in [0.05, 0.1) is 20.1 Å². The molecule has 2 aromatic rings. The number of hydrogen-bond donors (Lipinski definition) is 1. The maximum absolute atomic E-state index is 11.5. The minimum absolute atomic E-state index is 0.460. The van der Waals surface area contributed by atoms with Crippen LogP contribution >= 0.6 is 0 Å². The summed E-state index contributed by atoms with van der Waals surface area (Å²) in [5.74, 6) is -0.0131. The molecule has 2 aromatic carbocycles. The Morgan fingerprint density at radius 2 is 1.90 bits per heavy atom. The van der Waals surface area contributed by atoms with Gasteiger partial charge in [-0.15, -0.1) is 0 Å². The van der Waals surface area contributed by atoms with Gasteiger partial charge in [0.2, 0.25) is 0 Å². The highest BCUT2D eigenvalue weighted by Crippen LogP contribution is 2.47. The minimum atomic E-state index is -0.803. The Labute approximate surface area is 122 Å². The summed E-state index contributed by atoms with van der Waals surface area (Å²) in [4.78, 5) is 11.5. The molecule has 1 aliphatic rings. The lowest BCUT2D eigenvalue weighted by Crippen LogP contribution is -2.19. The van der Waals surface area contributed by atoms with Crippen LogP contribution in [0.1, 0.15) is 17.0 Å². The maximum atomic E-state index is 11.5. The molecular formula is C17H16O4. The van der Waals surface area contributed by atoms with E-state index in [1.807, 2.05) is 36.4 Å². The van der Waals surface area contributed by atoms with E-state index in [-0.39, 0.29) is 0 Å². The first kappa shape index (κ1) is 13.5. The van der Waals surface area contributed by atoms with E-state index in [1.165, 1.54) is 0 Å². The Hall–Kier alpha value is -2.49. The van der Waals surface area contributed by atoms with Crippen LogP contribution in [0.25, 0.3) is 11.1 Å². The Bertz CT molecular complexity index is 706. The Balaban J connectivity index is 2.30. The number of carboxylic acids is 1. The van der Waals surface area contributed by atoms with Crippen LogP contribution in [-0.2, 0) is 11.2 Å². The zero-order chi connectivity index (χ0) is 15.0. The molecule has 0 bridgehead atoms. The molecule has 0 spiro atoms. The van der Waals surface area contributed by atoms with Crippen molar-refractivity contribution in [3.05, 3.63) is 47.5 Å². The number of ether oxygens (including phenoxy) is 2. The van der Waals surface area contributed by atoms with Crippen molar-refractivity contribution >= 4 is 5.97 Å². The van der Waals surface area contributed by atoms with Crippen molar-refractivity contribution in [3.8, 4) is 22.6 Å². The highest BCUT2D eigenvalue weighted by molar-refractivity contribution is 5.88. The second kappa shape index (κ2) is 5.13. The summed E-state index contributed by atoms with van der Waals surface area (Å²) < 4.78 is 10.9. The molecule has 1 atom stereocenters. The van der Waals surface area contributed by atoms with E-state index >= 15 is 0 Å². The summed E-state index contributed by atoms with van der Waals surface area (Å²) in [5.41, 5.74) is 3.63. The molecule has 0 unspecified atom stereocenters. The fourth-order valence-corrected chi connectivity index (χ4v) is 3.01. The zero-order valence-electron chi connectivity index (χ0n) is 11.9. The molecule has 0 aliphatic heterocycles. The SMILES string of the molecule is COc1ccc2c(c1OC)-c1ccccc1[C@H](C(=O)O)C2. The molecule has 4 heteroatoms. The highest BCUT2D eigenvalue weighted by atomic mass is 16.5. The van der Waals surface area contributed by atoms with Crippen molar-refractivity contribution in [1.82, 2.24) is 0 Å². The summed E-state index contributed by atoms with van der Waals surface area (Å²) in [6.45, 7) is 0.